The number of ketones is 1. The Labute approximate surface area is 202 Å². The number of methoxy groups -OCH3 is 1. The second-order valence-electron chi connectivity index (χ2n) is 7.50. The molecule has 12 heteroatoms. The average molecular weight is 494 g/mol. The first-order valence-electron chi connectivity index (χ1n) is 10.2. The molecule has 0 saturated heterocycles. The third-order valence-electron chi connectivity index (χ3n) is 5.36. The van der Waals surface area contributed by atoms with Crippen molar-refractivity contribution in [2.75, 3.05) is 12.9 Å². The number of carbonyl (C=O) groups excluding carboxylic acids is 1. The number of hydrogen-bond acceptors (Lipinski definition) is 9. The Hall–Kier alpha value is -4.32. The second kappa shape index (κ2) is 9.50. The summed E-state index contributed by atoms with van der Waals surface area (Å²) in [6.45, 7) is 0. The maximum absolute atomic E-state index is 13.0. The van der Waals surface area contributed by atoms with Gasteiger partial charge in [-0.2, -0.15) is 0 Å². The number of ether oxygens (including phenoxy) is 1. The van der Waals surface area contributed by atoms with Gasteiger partial charge in [-0.25, -0.2) is 14.8 Å². The van der Waals surface area contributed by atoms with Crippen molar-refractivity contribution in [2.24, 2.45) is 14.1 Å². The van der Waals surface area contributed by atoms with Gasteiger partial charge in [0, 0.05) is 37.4 Å². The number of aryl methyl sites for hydroxylation is 1. The summed E-state index contributed by atoms with van der Waals surface area (Å²) in [7, 11) is 4.36. The topological polar surface area (TPSA) is 139 Å². The Morgan fingerprint density at radius 3 is 2.29 bits per heavy atom. The number of nitrogens with zero attached hydrogens (tertiary/aromatic N) is 5. The summed E-state index contributed by atoms with van der Waals surface area (Å²) in [6, 6.07) is 12.2. The fraction of sp³-hybridized carbons (Fsp3) is 0.174. The minimum atomic E-state index is -0.585. The van der Waals surface area contributed by atoms with E-state index in [4.69, 9.17) is 4.74 Å². The number of carbonyl (C=O) groups is 1. The molecule has 0 bridgehead atoms. The zero-order valence-corrected chi connectivity index (χ0v) is 19.7. The van der Waals surface area contributed by atoms with Crippen molar-refractivity contribution in [3.63, 3.8) is 0 Å². The maximum atomic E-state index is 13.0. The molecule has 0 fully saturated rings. The van der Waals surface area contributed by atoms with Gasteiger partial charge in [0.05, 0.1) is 17.8 Å². The quantitative estimate of drug-likeness (QED) is 0.125. The number of hydrogen-bond donors (Lipinski definition) is 0. The predicted molar refractivity (Wildman–Crippen MR) is 130 cm³/mol. The molecule has 0 aliphatic carbocycles. The van der Waals surface area contributed by atoms with Crippen molar-refractivity contribution in [2.45, 2.75) is 5.03 Å². The van der Waals surface area contributed by atoms with Crippen LogP contribution in [0.2, 0.25) is 0 Å². The molecule has 0 aliphatic heterocycles. The Morgan fingerprint density at radius 2 is 1.69 bits per heavy atom. The van der Waals surface area contributed by atoms with Gasteiger partial charge in [0.15, 0.2) is 17.3 Å². The fourth-order valence-corrected chi connectivity index (χ4v) is 4.30. The third kappa shape index (κ3) is 4.55. The van der Waals surface area contributed by atoms with Crippen LogP contribution in [0.3, 0.4) is 0 Å². The van der Waals surface area contributed by atoms with Crippen LogP contribution < -0.4 is 16.0 Å². The first-order valence-corrected chi connectivity index (χ1v) is 11.2. The highest BCUT2D eigenvalue weighted by Gasteiger charge is 2.20. The molecular formula is C23H19N5O6S. The normalized spacial score (nSPS) is 10.9. The molecule has 35 heavy (non-hydrogen) atoms. The van der Waals surface area contributed by atoms with Crippen LogP contribution in [0.15, 0.2) is 63.1 Å². The first-order chi connectivity index (χ1) is 16.7. The molecule has 0 N–H and O–H groups in total. The summed E-state index contributed by atoms with van der Waals surface area (Å²) in [5.41, 5.74) is -0.239. The number of rotatable bonds is 7. The number of fused-ring (bicyclic) bond motifs is 1. The van der Waals surface area contributed by atoms with Gasteiger partial charge in [-0.3, -0.25) is 28.8 Å². The molecule has 178 valence electrons. The van der Waals surface area contributed by atoms with Crippen molar-refractivity contribution in [1.29, 1.82) is 0 Å². The molecule has 11 nitrogen and oxygen atoms in total. The lowest BCUT2D eigenvalue weighted by molar-refractivity contribution is -0.384. The summed E-state index contributed by atoms with van der Waals surface area (Å²) in [6.07, 6.45) is 0. The average Bonchev–Trinajstić information content (AvgIpc) is 2.88. The molecule has 0 radical (unpaired) electrons. The molecule has 2 aromatic heterocycles. The second-order valence-corrected chi connectivity index (χ2v) is 8.47. The van der Waals surface area contributed by atoms with E-state index in [-0.39, 0.29) is 39.1 Å². The monoisotopic (exact) mass is 493 g/mol. The lowest BCUT2D eigenvalue weighted by Crippen LogP contribution is -2.37. The highest BCUT2D eigenvalue weighted by molar-refractivity contribution is 8.00. The Balaban J connectivity index is 1.80. The van der Waals surface area contributed by atoms with Gasteiger partial charge in [-0.15, -0.1) is 0 Å². The lowest BCUT2D eigenvalue weighted by Gasteiger charge is -2.12. The van der Waals surface area contributed by atoms with Gasteiger partial charge in [-0.05, 0) is 36.4 Å². The van der Waals surface area contributed by atoms with E-state index in [9.17, 15) is 24.5 Å². The van der Waals surface area contributed by atoms with Crippen molar-refractivity contribution >= 4 is 34.3 Å². The van der Waals surface area contributed by atoms with Crippen LogP contribution in [0.5, 0.6) is 5.75 Å². The minimum Gasteiger partial charge on any atom is -0.497 e. The van der Waals surface area contributed by atoms with Crippen LogP contribution >= 0.6 is 11.8 Å². The molecule has 0 aliphatic rings. The number of non-ortho nitro benzene ring substituents is 1. The van der Waals surface area contributed by atoms with Crippen molar-refractivity contribution in [3.05, 3.63) is 85.0 Å². The number of aromatic nitrogens is 4. The zero-order valence-electron chi connectivity index (χ0n) is 18.9. The van der Waals surface area contributed by atoms with Crippen molar-refractivity contribution in [1.82, 2.24) is 19.1 Å². The van der Waals surface area contributed by atoms with E-state index in [0.717, 1.165) is 16.3 Å². The fourth-order valence-electron chi connectivity index (χ4n) is 3.39. The summed E-state index contributed by atoms with van der Waals surface area (Å²) >= 11 is 1.05. The van der Waals surface area contributed by atoms with E-state index in [0.29, 0.717) is 16.9 Å². The van der Waals surface area contributed by atoms with E-state index in [1.54, 1.807) is 24.3 Å². The van der Waals surface area contributed by atoms with E-state index < -0.39 is 16.2 Å². The molecule has 4 aromatic rings. The molecule has 0 atom stereocenters. The third-order valence-corrected chi connectivity index (χ3v) is 6.33. The molecule has 4 rings (SSSR count). The number of thioether (sulfide) groups is 1. The van der Waals surface area contributed by atoms with Crippen LogP contribution in [-0.2, 0) is 14.1 Å². The molecule has 2 aromatic carbocycles. The van der Waals surface area contributed by atoms with Crippen LogP contribution in [0.1, 0.15) is 10.4 Å². The van der Waals surface area contributed by atoms with Gasteiger partial charge >= 0.3 is 5.69 Å². The minimum absolute atomic E-state index is 0.0237. The lowest BCUT2D eigenvalue weighted by atomic mass is 10.1. The van der Waals surface area contributed by atoms with E-state index in [1.807, 2.05) is 0 Å². The van der Waals surface area contributed by atoms with Crippen LogP contribution in [0.25, 0.3) is 22.4 Å². The molecule has 2 heterocycles. The Kier molecular flexibility index (Phi) is 6.47. The maximum Gasteiger partial charge on any atom is 0.332 e. The van der Waals surface area contributed by atoms with Crippen molar-refractivity contribution < 1.29 is 14.5 Å². The van der Waals surface area contributed by atoms with Crippen LogP contribution in [-0.4, -0.2) is 42.7 Å². The van der Waals surface area contributed by atoms with Crippen LogP contribution in [0, 0.1) is 10.1 Å². The molecular weight excluding hydrogens is 474 g/mol. The molecule has 0 unspecified atom stereocenters. The largest absolute Gasteiger partial charge is 0.497 e. The number of nitro benzene ring substituents is 1. The standard InChI is InChI=1S/C23H19N5O6S/c1-26-20-18(22(30)27(2)23(26)31)21(35-12-17(29)13-6-10-16(34-3)11-7-13)25-19(24-20)14-4-8-15(9-5-14)28(32)33/h4-11H,12H2,1-3H3. The molecule has 0 amide bonds. The van der Waals surface area contributed by atoms with Gasteiger partial charge in [0.2, 0.25) is 0 Å². The summed E-state index contributed by atoms with van der Waals surface area (Å²) < 4.78 is 7.29. The van der Waals surface area contributed by atoms with Gasteiger partial charge < -0.3 is 4.74 Å². The van der Waals surface area contributed by atoms with E-state index >= 15 is 0 Å². The van der Waals surface area contributed by atoms with Crippen LogP contribution in [0.4, 0.5) is 5.69 Å². The highest BCUT2D eigenvalue weighted by atomic mass is 32.2. The van der Waals surface area contributed by atoms with Gasteiger partial charge in [-0.1, -0.05) is 11.8 Å². The number of Topliss-reactive ketones (excluding diaryl/α,β-unsaturated/α-hetero) is 1. The highest BCUT2D eigenvalue weighted by Crippen LogP contribution is 2.27. The Bertz CT molecular complexity index is 1580. The first kappa shape index (κ1) is 23.8. The van der Waals surface area contributed by atoms with Gasteiger partial charge in [0.1, 0.15) is 16.2 Å². The van der Waals surface area contributed by atoms with E-state index in [2.05, 4.69) is 9.97 Å². The van der Waals surface area contributed by atoms with Gasteiger partial charge in [0.25, 0.3) is 11.2 Å². The summed E-state index contributed by atoms with van der Waals surface area (Å²) in [4.78, 5) is 57.6. The van der Waals surface area contributed by atoms with Crippen molar-refractivity contribution in [3.8, 4) is 17.1 Å². The number of nitro groups is 1. The smallest absolute Gasteiger partial charge is 0.332 e. The SMILES string of the molecule is COc1ccc(C(=O)CSc2nc(-c3ccc([N+](=O)[O-])cc3)nc3c2c(=O)n(C)c(=O)n3C)cc1. The zero-order chi connectivity index (χ0) is 25.3. The predicted octanol–water partition coefficient (Wildman–Crippen LogP) is 2.59. The molecule has 0 spiro atoms. The number of benzene rings is 2. The van der Waals surface area contributed by atoms with E-state index in [1.165, 1.54) is 50.0 Å². The molecule has 0 saturated carbocycles. The summed E-state index contributed by atoms with van der Waals surface area (Å²) in [5.74, 6) is 0.565. The summed E-state index contributed by atoms with van der Waals surface area (Å²) in [5, 5.41) is 11.3. The Morgan fingerprint density at radius 1 is 1.03 bits per heavy atom.